The second-order valence-electron chi connectivity index (χ2n) is 3.05. The van der Waals surface area contributed by atoms with Crippen molar-refractivity contribution in [2.75, 3.05) is 0 Å². The summed E-state index contributed by atoms with van der Waals surface area (Å²) in [5.41, 5.74) is 2.29. The van der Waals surface area contributed by atoms with Crippen LogP contribution in [0.3, 0.4) is 0 Å². The molecule has 0 amide bonds. The van der Waals surface area contributed by atoms with Crippen LogP contribution in [0.15, 0.2) is 10.8 Å². The summed E-state index contributed by atoms with van der Waals surface area (Å²) in [4.78, 5) is 0. The molecule has 0 saturated carbocycles. The Morgan fingerprint density at radius 3 is 2.82 bits per heavy atom. The Morgan fingerprint density at radius 1 is 1.64 bits per heavy atom. The van der Waals surface area contributed by atoms with Crippen LogP contribution in [-0.4, -0.2) is 5.16 Å². The van der Waals surface area contributed by atoms with Crippen molar-refractivity contribution in [2.24, 2.45) is 0 Å². The zero-order valence-electron chi connectivity index (χ0n) is 7.42. The van der Waals surface area contributed by atoms with Crippen LogP contribution in [0.25, 0.3) is 0 Å². The van der Waals surface area contributed by atoms with Crippen LogP contribution < -0.4 is 0 Å². The van der Waals surface area contributed by atoms with Crippen LogP contribution in [0.4, 0.5) is 0 Å². The van der Waals surface area contributed by atoms with E-state index < -0.39 is 0 Å². The van der Waals surface area contributed by atoms with Crippen molar-refractivity contribution in [1.82, 2.24) is 5.16 Å². The molecule has 2 nitrogen and oxygen atoms in total. The van der Waals surface area contributed by atoms with Gasteiger partial charge in [-0.25, -0.2) is 0 Å². The number of aromatic nitrogens is 1. The van der Waals surface area contributed by atoms with E-state index in [4.69, 9.17) is 4.52 Å². The van der Waals surface area contributed by atoms with E-state index in [1.807, 2.05) is 6.92 Å². The van der Waals surface area contributed by atoms with Crippen molar-refractivity contribution in [3.63, 3.8) is 0 Å². The standard InChI is InChI=1S/C9H15NO/c1-4-5-7(2)9-6-11-10-8(9)3/h6-7H,4-5H2,1-3H3. The molecule has 0 N–H and O–H groups in total. The quantitative estimate of drug-likeness (QED) is 0.667. The van der Waals surface area contributed by atoms with E-state index in [1.54, 1.807) is 6.26 Å². The zero-order chi connectivity index (χ0) is 8.27. The lowest BCUT2D eigenvalue weighted by Crippen LogP contribution is -1.92. The molecule has 1 aromatic heterocycles. The summed E-state index contributed by atoms with van der Waals surface area (Å²) in [7, 11) is 0. The van der Waals surface area contributed by atoms with Crippen LogP contribution in [-0.2, 0) is 0 Å². The molecule has 0 radical (unpaired) electrons. The maximum atomic E-state index is 4.86. The third-order valence-corrected chi connectivity index (χ3v) is 2.04. The SMILES string of the molecule is CCCC(C)c1conc1C. The molecule has 1 heterocycles. The van der Waals surface area contributed by atoms with Gasteiger partial charge in [-0.15, -0.1) is 0 Å². The van der Waals surface area contributed by atoms with E-state index in [9.17, 15) is 0 Å². The van der Waals surface area contributed by atoms with Crippen molar-refractivity contribution in [3.05, 3.63) is 17.5 Å². The van der Waals surface area contributed by atoms with Crippen LogP contribution >= 0.6 is 0 Å². The lowest BCUT2D eigenvalue weighted by molar-refractivity contribution is 0.413. The molecule has 0 aliphatic heterocycles. The van der Waals surface area contributed by atoms with Crippen LogP contribution in [0.1, 0.15) is 43.9 Å². The third kappa shape index (κ3) is 1.82. The highest BCUT2D eigenvalue weighted by atomic mass is 16.5. The van der Waals surface area contributed by atoms with Gasteiger partial charge in [0.2, 0.25) is 0 Å². The molecule has 0 aliphatic rings. The Morgan fingerprint density at radius 2 is 2.36 bits per heavy atom. The molecule has 1 atom stereocenters. The predicted octanol–water partition coefficient (Wildman–Crippen LogP) is 2.89. The molecule has 1 unspecified atom stereocenters. The summed E-state index contributed by atoms with van der Waals surface area (Å²) in [6.45, 7) is 6.40. The third-order valence-electron chi connectivity index (χ3n) is 2.04. The van der Waals surface area contributed by atoms with Crippen molar-refractivity contribution in [1.29, 1.82) is 0 Å². The fraction of sp³-hybridized carbons (Fsp3) is 0.667. The van der Waals surface area contributed by atoms with Crippen LogP contribution in [0.2, 0.25) is 0 Å². The predicted molar refractivity (Wildman–Crippen MR) is 44.6 cm³/mol. The number of rotatable bonds is 3. The second-order valence-corrected chi connectivity index (χ2v) is 3.05. The summed E-state index contributed by atoms with van der Waals surface area (Å²) in [6, 6.07) is 0. The molecule has 0 bridgehead atoms. The number of hydrogen-bond donors (Lipinski definition) is 0. The van der Waals surface area contributed by atoms with Gasteiger partial charge in [0.15, 0.2) is 0 Å². The minimum Gasteiger partial charge on any atom is -0.364 e. The Hall–Kier alpha value is -0.790. The maximum Gasteiger partial charge on any atom is 0.127 e. The first-order valence-corrected chi connectivity index (χ1v) is 4.16. The van der Waals surface area contributed by atoms with Gasteiger partial charge in [-0.05, 0) is 19.3 Å². The highest BCUT2D eigenvalue weighted by Gasteiger charge is 2.09. The van der Waals surface area contributed by atoms with Crippen molar-refractivity contribution < 1.29 is 4.52 Å². The average Bonchev–Trinajstić information content (AvgIpc) is 2.36. The van der Waals surface area contributed by atoms with E-state index in [-0.39, 0.29) is 0 Å². The minimum atomic E-state index is 0.589. The van der Waals surface area contributed by atoms with Gasteiger partial charge in [-0.3, -0.25) is 0 Å². The Bertz CT molecular complexity index is 217. The van der Waals surface area contributed by atoms with Gasteiger partial charge in [0.1, 0.15) is 6.26 Å². The van der Waals surface area contributed by atoms with Gasteiger partial charge in [-0.1, -0.05) is 25.4 Å². The maximum absolute atomic E-state index is 4.86. The highest BCUT2D eigenvalue weighted by molar-refractivity contribution is 5.17. The number of nitrogens with zero attached hydrogens (tertiary/aromatic N) is 1. The summed E-state index contributed by atoms with van der Waals surface area (Å²) in [6.07, 6.45) is 4.18. The summed E-state index contributed by atoms with van der Waals surface area (Å²) < 4.78 is 4.86. The molecule has 0 fully saturated rings. The van der Waals surface area contributed by atoms with Gasteiger partial charge in [0.25, 0.3) is 0 Å². The lowest BCUT2D eigenvalue weighted by atomic mass is 9.98. The molecule has 0 spiro atoms. The molecule has 0 aliphatic carbocycles. The smallest absolute Gasteiger partial charge is 0.127 e. The van der Waals surface area contributed by atoms with E-state index >= 15 is 0 Å². The molecule has 1 rings (SSSR count). The normalized spacial score (nSPS) is 13.4. The first kappa shape index (κ1) is 8.31. The highest BCUT2D eigenvalue weighted by Crippen LogP contribution is 2.22. The molecule has 1 aromatic rings. The van der Waals surface area contributed by atoms with Crippen molar-refractivity contribution in [2.45, 2.75) is 39.5 Å². The average molecular weight is 153 g/mol. The summed E-state index contributed by atoms with van der Waals surface area (Å²) >= 11 is 0. The molecule has 0 aromatic carbocycles. The fourth-order valence-electron chi connectivity index (χ4n) is 1.36. The van der Waals surface area contributed by atoms with E-state index in [2.05, 4.69) is 19.0 Å². The summed E-state index contributed by atoms with van der Waals surface area (Å²) in [5, 5.41) is 3.84. The monoisotopic (exact) mass is 153 g/mol. The van der Waals surface area contributed by atoms with E-state index in [0.717, 1.165) is 5.69 Å². The summed E-state index contributed by atoms with van der Waals surface area (Å²) in [5.74, 6) is 0.589. The Kier molecular flexibility index (Phi) is 2.69. The van der Waals surface area contributed by atoms with Crippen molar-refractivity contribution in [3.8, 4) is 0 Å². The molecular weight excluding hydrogens is 138 g/mol. The van der Waals surface area contributed by atoms with E-state index in [0.29, 0.717) is 5.92 Å². The van der Waals surface area contributed by atoms with E-state index in [1.165, 1.54) is 18.4 Å². The zero-order valence-corrected chi connectivity index (χ0v) is 7.42. The first-order chi connectivity index (χ1) is 5.25. The molecule has 11 heavy (non-hydrogen) atoms. The number of aryl methyl sites for hydroxylation is 1. The fourth-order valence-corrected chi connectivity index (χ4v) is 1.36. The molecule has 0 saturated heterocycles. The first-order valence-electron chi connectivity index (χ1n) is 4.16. The minimum absolute atomic E-state index is 0.589. The van der Waals surface area contributed by atoms with Gasteiger partial charge in [0, 0.05) is 5.56 Å². The van der Waals surface area contributed by atoms with Crippen LogP contribution in [0.5, 0.6) is 0 Å². The topological polar surface area (TPSA) is 26.0 Å². The van der Waals surface area contributed by atoms with Crippen molar-refractivity contribution >= 4 is 0 Å². The van der Waals surface area contributed by atoms with Gasteiger partial charge < -0.3 is 4.52 Å². The molecule has 62 valence electrons. The van der Waals surface area contributed by atoms with Crippen LogP contribution in [0, 0.1) is 6.92 Å². The Labute approximate surface area is 67.6 Å². The molecule has 2 heteroatoms. The second kappa shape index (κ2) is 3.56. The largest absolute Gasteiger partial charge is 0.364 e. The van der Waals surface area contributed by atoms with Gasteiger partial charge in [-0.2, -0.15) is 0 Å². The molecular formula is C9H15NO. The van der Waals surface area contributed by atoms with Gasteiger partial charge >= 0.3 is 0 Å². The Balaban J connectivity index is 2.67. The lowest BCUT2D eigenvalue weighted by Gasteiger charge is -2.06. The number of hydrogen-bond acceptors (Lipinski definition) is 2. The van der Waals surface area contributed by atoms with Gasteiger partial charge in [0.05, 0.1) is 5.69 Å².